The second kappa shape index (κ2) is 5.67. The summed E-state index contributed by atoms with van der Waals surface area (Å²) in [6, 6.07) is 2.84. The molecule has 0 amide bonds. The molecular formula is C14H25N3. The maximum Gasteiger partial charge on any atom is 0.0627 e. The summed E-state index contributed by atoms with van der Waals surface area (Å²) in [6.45, 7) is 5.26. The molecule has 1 aromatic rings. The van der Waals surface area contributed by atoms with Crippen molar-refractivity contribution in [1.29, 1.82) is 0 Å². The van der Waals surface area contributed by atoms with Crippen molar-refractivity contribution in [2.24, 2.45) is 17.6 Å². The van der Waals surface area contributed by atoms with Crippen LogP contribution in [0.5, 0.6) is 0 Å². The molecule has 0 bridgehead atoms. The van der Waals surface area contributed by atoms with Crippen molar-refractivity contribution < 1.29 is 0 Å². The molecule has 0 radical (unpaired) electrons. The zero-order valence-corrected chi connectivity index (χ0v) is 11.1. The predicted octanol–water partition coefficient (Wildman–Crippen LogP) is 2.77. The monoisotopic (exact) mass is 235 g/mol. The minimum absolute atomic E-state index is 0.576. The highest BCUT2D eigenvalue weighted by atomic mass is 15.3. The van der Waals surface area contributed by atoms with Crippen LogP contribution in [0.25, 0.3) is 0 Å². The predicted molar refractivity (Wildman–Crippen MR) is 70.8 cm³/mol. The zero-order chi connectivity index (χ0) is 12.3. The molecule has 2 atom stereocenters. The summed E-state index contributed by atoms with van der Waals surface area (Å²) in [5.41, 5.74) is 6.93. The van der Waals surface area contributed by atoms with Gasteiger partial charge in [0.15, 0.2) is 0 Å². The lowest BCUT2D eigenvalue weighted by Crippen LogP contribution is -2.20. The van der Waals surface area contributed by atoms with E-state index >= 15 is 0 Å². The molecule has 1 aliphatic carbocycles. The Morgan fingerprint density at radius 2 is 2.06 bits per heavy atom. The number of aromatic nitrogens is 2. The molecule has 2 unspecified atom stereocenters. The van der Waals surface area contributed by atoms with Crippen LogP contribution < -0.4 is 5.73 Å². The lowest BCUT2D eigenvalue weighted by molar-refractivity contribution is 0.386. The normalized spacial score (nSPS) is 20.6. The van der Waals surface area contributed by atoms with Gasteiger partial charge in [-0.05, 0) is 43.7 Å². The number of hydrogen-bond acceptors (Lipinski definition) is 2. The molecule has 17 heavy (non-hydrogen) atoms. The van der Waals surface area contributed by atoms with Crippen molar-refractivity contribution in [1.82, 2.24) is 9.78 Å². The molecule has 1 fully saturated rings. The van der Waals surface area contributed by atoms with Crippen LogP contribution in [0.1, 0.15) is 51.3 Å². The summed E-state index contributed by atoms with van der Waals surface area (Å²) in [5, 5.41) is 4.72. The van der Waals surface area contributed by atoms with E-state index in [-0.39, 0.29) is 0 Å². The molecule has 2 rings (SSSR count). The van der Waals surface area contributed by atoms with Crippen molar-refractivity contribution in [3.63, 3.8) is 0 Å². The largest absolute Gasteiger partial charge is 0.330 e. The number of nitrogens with zero attached hydrogens (tertiary/aromatic N) is 2. The molecule has 1 aliphatic rings. The van der Waals surface area contributed by atoms with Gasteiger partial charge in [0.05, 0.1) is 11.7 Å². The van der Waals surface area contributed by atoms with Crippen LogP contribution in [0.3, 0.4) is 0 Å². The molecule has 1 aromatic heterocycles. The van der Waals surface area contributed by atoms with Crippen LogP contribution in [0, 0.1) is 11.8 Å². The van der Waals surface area contributed by atoms with Gasteiger partial charge in [-0.25, -0.2) is 0 Å². The van der Waals surface area contributed by atoms with Gasteiger partial charge < -0.3 is 5.73 Å². The summed E-state index contributed by atoms with van der Waals surface area (Å²) in [5.74, 6) is 1.19. The maximum atomic E-state index is 5.71. The van der Waals surface area contributed by atoms with Gasteiger partial charge in [0.2, 0.25) is 0 Å². The van der Waals surface area contributed by atoms with E-state index < -0.39 is 0 Å². The van der Waals surface area contributed by atoms with Crippen molar-refractivity contribution in [3.8, 4) is 0 Å². The van der Waals surface area contributed by atoms with Crippen molar-refractivity contribution >= 4 is 0 Å². The Morgan fingerprint density at radius 1 is 1.35 bits per heavy atom. The molecule has 2 N–H and O–H groups in total. The summed E-state index contributed by atoms with van der Waals surface area (Å²) < 4.78 is 2.18. The molecule has 96 valence electrons. The first-order chi connectivity index (χ1) is 8.20. The van der Waals surface area contributed by atoms with E-state index in [4.69, 9.17) is 10.8 Å². The molecule has 1 saturated carbocycles. The Balaban J connectivity index is 1.93. The van der Waals surface area contributed by atoms with E-state index in [1.165, 1.54) is 31.4 Å². The third-order valence-corrected chi connectivity index (χ3v) is 4.24. The van der Waals surface area contributed by atoms with Crippen molar-refractivity contribution in [2.75, 3.05) is 6.54 Å². The highest BCUT2D eigenvalue weighted by Gasteiger charge is 2.18. The lowest BCUT2D eigenvalue weighted by Gasteiger charge is -2.16. The van der Waals surface area contributed by atoms with Crippen LogP contribution in [0.15, 0.2) is 12.3 Å². The van der Waals surface area contributed by atoms with E-state index in [1.807, 2.05) is 0 Å². The molecule has 1 heterocycles. The summed E-state index contributed by atoms with van der Waals surface area (Å²) in [7, 11) is 0. The van der Waals surface area contributed by atoms with E-state index in [0.29, 0.717) is 17.9 Å². The van der Waals surface area contributed by atoms with Gasteiger partial charge in [-0.3, -0.25) is 4.68 Å². The van der Waals surface area contributed by atoms with Crippen LogP contribution >= 0.6 is 0 Å². The third-order valence-electron chi connectivity index (χ3n) is 4.24. The van der Waals surface area contributed by atoms with Crippen molar-refractivity contribution in [2.45, 2.75) is 52.0 Å². The van der Waals surface area contributed by atoms with Crippen LogP contribution in [0.2, 0.25) is 0 Å². The Hall–Kier alpha value is -0.830. The number of hydrogen-bond donors (Lipinski definition) is 1. The van der Waals surface area contributed by atoms with E-state index in [9.17, 15) is 0 Å². The van der Waals surface area contributed by atoms with Gasteiger partial charge in [0.25, 0.3) is 0 Å². The van der Waals surface area contributed by atoms with Gasteiger partial charge in [-0.1, -0.05) is 26.7 Å². The topological polar surface area (TPSA) is 43.8 Å². The van der Waals surface area contributed by atoms with Gasteiger partial charge in [0.1, 0.15) is 0 Å². The zero-order valence-electron chi connectivity index (χ0n) is 11.1. The molecule has 0 saturated heterocycles. The van der Waals surface area contributed by atoms with Gasteiger partial charge in [0, 0.05) is 6.20 Å². The standard InChI is InChI=1S/C14H25N3/c1-11(12(2)10-15)9-13-7-8-17(16-13)14-5-3-4-6-14/h7-8,11-12,14H,3-6,9-10,15H2,1-2H3. The second-order valence-corrected chi connectivity index (χ2v) is 5.62. The molecule has 0 spiro atoms. The molecule has 0 aromatic carbocycles. The molecule has 3 heteroatoms. The van der Waals surface area contributed by atoms with E-state index in [0.717, 1.165) is 13.0 Å². The fourth-order valence-corrected chi connectivity index (χ4v) is 2.62. The second-order valence-electron chi connectivity index (χ2n) is 5.62. The van der Waals surface area contributed by atoms with Gasteiger partial charge in [-0.2, -0.15) is 5.10 Å². The summed E-state index contributed by atoms with van der Waals surface area (Å²) in [6.07, 6.45) is 8.54. The Bertz CT molecular complexity index is 339. The SMILES string of the molecule is CC(CN)C(C)Cc1ccn(C2CCCC2)n1. The maximum absolute atomic E-state index is 5.71. The minimum atomic E-state index is 0.576. The number of rotatable bonds is 5. The number of nitrogens with two attached hydrogens (primary N) is 1. The first-order valence-electron chi connectivity index (χ1n) is 6.94. The first-order valence-corrected chi connectivity index (χ1v) is 6.94. The van der Waals surface area contributed by atoms with Gasteiger partial charge >= 0.3 is 0 Å². The fraction of sp³-hybridized carbons (Fsp3) is 0.786. The molecular weight excluding hydrogens is 210 g/mol. The molecule has 3 nitrogen and oxygen atoms in total. The summed E-state index contributed by atoms with van der Waals surface area (Å²) >= 11 is 0. The van der Waals surface area contributed by atoms with Crippen LogP contribution in [-0.4, -0.2) is 16.3 Å². The Labute approximate surface area is 104 Å². The fourth-order valence-electron chi connectivity index (χ4n) is 2.62. The average molecular weight is 235 g/mol. The minimum Gasteiger partial charge on any atom is -0.330 e. The average Bonchev–Trinajstić information content (AvgIpc) is 2.97. The van der Waals surface area contributed by atoms with E-state index in [2.05, 4.69) is 30.8 Å². The Morgan fingerprint density at radius 3 is 2.71 bits per heavy atom. The molecule has 0 aliphatic heterocycles. The quantitative estimate of drug-likeness (QED) is 0.853. The Kier molecular flexibility index (Phi) is 4.21. The highest BCUT2D eigenvalue weighted by Crippen LogP contribution is 2.29. The first kappa shape index (κ1) is 12.6. The van der Waals surface area contributed by atoms with Crippen LogP contribution in [0.4, 0.5) is 0 Å². The van der Waals surface area contributed by atoms with Gasteiger partial charge in [-0.15, -0.1) is 0 Å². The highest BCUT2D eigenvalue weighted by molar-refractivity contribution is 5.01. The smallest absolute Gasteiger partial charge is 0.0627 e. The van der Waals surface area contributed by atoms with Crippen molar-refractivity contribution in [3.05, 3.63) is 18.0 Å². The lowest BCUT2D eigenvalue weighted by atomic mass is 9.92. The van der Waals surface area contributed by atoms with E-state index in [1.54, 1.807) is 0 Å². The third kappa shape index (κ3) is 3.09. The summed E-state index contributed by atoms with van der Waals surface area (Å²) in [4.78, 5) is 0. The van der Waals surface area contributed by atoms with Crippen LogP contribution in [-0.2, 0) is 6.42 Å².